The SMILES string of the molecule is CCNC(=NCC(O)c1ccc(Cl)cc1)NC1CC2CCCC(C1)N2C.I. The zero-order valence-electron chi connectivity index (χ0n) is 16.2. The summed E-state index contributed by atoms with van der Waals surface area (Å²) in [5.74, 6) is 0.799. The maximum atomic E-state index is 10.4. The zero-order valence-corrected chi connectivity index (χ0v) is 19.3. The second-order valence-corrected chi connectivity index (χ2v) is 7.94. The molecule has 2 saturated heterocycles. The predicted octanol–water partition coefficient (Wildman–Crippen LogP) is 3.56. The lowest BCUT2D eigenvalue weighted by atomic mass is 9.82. The Bertz CT molecular complexity index is 599. The Kier molecular flexibility index (Phi) is 9.11. The van der Waals surface area contributed by atoms with Crippen LogP contribution in [0.2, 0.25) is 5.02 Å². The first-order valence-electron chi connectivity index (χ1n) is 9.77. The summed E-state index contributed by atoms with van der Waals surface area (Å²) in [5, 5.41) is 18.0. The number of nitrogens with zero attached hydrogens (tertiary/aromatic N) is 2. The molecule has 2 bridgehead atoms. The highest BCUT2D eigenvalue weighted by Gasteiger charge is 2.36. The van der Waals surface area contributed by atoms with Crippen LogP contribution in [0.4, 0.5) is 0 Å². The summed E-state index contributed by atoms with van der Waals surface area (Å²) in [6.45, 7) is 3.20. The quantitative estimate of drug-likeness (QED) is 0.325. The van der Waals surface area contributed by atoms with E-state index in [4.69, 9.17) is 11.6 Å². The van der Waals surface area contributed by atoms with Gasteiger partial charge in [0.25, 0.3) is 0 Å². The Labute approximate surface area is 185 Å². The highest BCUT2D eigenvalue weighted by molar-refractivity contribution is 14.0. The van der Waals surface area contributed by atoms with Gasteiger partial charge in [0.15, 0.2) is 5.96 Å². The van der Waals surface area contributed by atoms with Gasteiger partial charge in [0, 0.05) is 29.7 Å². The molecule has 3 N–H and O–H groups in total. The van der Waals surface area contributed by atoms with Gasteiger partial charge in [-0.15, -0.1) is 24.0 Å². The maximum Gasteiger partial charge on any atom is 0.191 e. The average Bonchev–Trinajstić information content (AvgIpc) is 2.61. The Balaban J connectivity index is 0.00000261. The Hall–Kier alpha value is -0.570. The van der Waals surface area contributed by atoms with Crippen molar-refractivity contribution in [2.24, 2.45) is 4.99 Å². The topological polar surface area (TPSA) is 59.9 Å². The van der Waals surface area contributed by atoms with Crippen LogP contribution in [0.5, 0.6) is 0 Å². The van der Waals surface area contributed by atoms with Gasteiger partial charge in [-0.05, 0) is 57.4 Å². The van der Waals surface area contributed by atoms with E-state index in [1.165, 1.54) is 19.3 Å². The Morgan fingerprint density at radius 1 is 1.26 bits per heavy atom. The number of benzene rings is 1. The van der Waals surface area contributed by atoms with Gasteiger partial charge in [0.2, 0.25) is 0 Å². The molecule has 2 aliphatic heterocycles. The number of halogens is 2. The number of aliphatic hydroxyl groups excluding tert-OH is 1. The maximum absolute atomic E-state index is 10.4. The van der Waals surface area contributed by atoms with E-state index in [0.717, 1.165) is 30.9 Å². The summed E-state index contributed by atoms with van der Waals surface area (Å²) < 4.78 is 0. The Morgan fingerprint density at radius 3 is 2.48 bits per heavy atom. The summed E-state index contributed by atoms with van der Waals surface area (Å²) in [5.41, 5.74) is 0.836. The van der Waals surface area contributed by atoms with Crippen molar-refractivity contribution in [3.63, 3.8) is 0 Å². The fourth-order valence-corrected chi connectivity index (χ4v) is 4.34. The van der Waals surface area contributed by atoms with Gasteiger partial charge in [0.05, 0.1) is 12.6 Å². The van der Waals surface area contributed by atoms with E-state index in [0.29, 0.717) is 29.7 Å². The molecule has 0 amide bonds. The highest BCUT2D eigenvalue weighted by atomic mass is 127. The van der Waals surface area contributed by atoms with E-state index >= 15 is 0 Å². The number of rotatable bonds is 5. The smallest absolute Gasteiger partial charge is 0.191 e. The van der Waals surface area contributed by atoms with E-state index in [1.54, 1.807) is 12.1 Å². The van der Waals surface area contributed by atoms with E-state index < -0.39 is 6.10 Å². The van der Waals surface area contributed by atoms with Crippen LogP contribution in [0.3, 0.4) is 0 Å². The third kappa shape index (κ3) is 6.21. The second-order valence-electron chi connectivity index (χ2n) is 7.50. The average molecular weight is 507 g/mol. The van der Waals surface area contributed by atoms with Crippen LogP contribution in [0.15, 0.2) is 29.3 Å². The van der Waals surface area contributed by atoms with Crippen LogP contribution >= 0.6 is 35.6 Å². The molecule has 5 nitrogen and oxygen atoms in total. The minimum absolute atomic E-state index is 0. The van der Waals surface area contributed by atoms with E-state index in [-0.39, 0.29) is 24.0 Å². The molecule has 0 spiro atoms. The molecule has 2 fully saturated rings. The zero-order chi connectivity index (χ0) is 18.5. The van der Waals surface area contributed by atoms with Crippen LogP contribution in [-0.2, 0) is 0 Å². The number of guanidine groups is 1. The number of hydrogen-bond donors (Lipinski definition) is 3. The largest absolute Gasteiger partial charge is 0.386 e. The summed E-state index contributed by atoms with van der Waals surface area (Å²) in [6, 6.07) is 9.11. The minimum atomic E-state index is -0.625. The van der Waals surface area contributed by atoms with Gasteiger partial charge in [-0.3, -0.25) is 4.99 Å². The van der Waals surface area contributed by atoms with E-state index in [1.807, 2.05) is 12.1 Å². The van der Waals surface area contributed by atoms with Crippen molar-refractivity contribution in [2.45, 2.75) is 63.3 Å². The Morgan fingerprint density at radius 2 is 1.89 bits per heavy atom. The summed E-state index contributed by atoms with van der Waals surface area (Å²) in [6.07, 6.45) is 5.66. The summed E-state index contributed by atoms with van der Waals surface area (Å²) in [7, 11) is 2.27. The molecular formula is C20H32ClIN4O. The van der Waals surface area contributed by atoms with Gasteiger partial charge < -0.3 is 20.6 Å². The van der Waals surface area contributed by atoms with E-state index in [9.17, 15) is 5.11 Å². The van der Waals surface area contributed by atoms with E-state index in [2.05, 4.69) is 34.5 Å². The lowest BCUT2D eigenvalue weighted by Crippen LogP contribution is -2.56. The molecule has 152 valence electrons. The normalized spacial score (nSPS) is 26.8. The number of nitrogens with one attached hydrogen (secondary N) is 2. The van der Waals surface area contributed by atoms with Crippen molar-refractivity contribution in [3.05, 3.63) is 34.9 Å². The van der Waals surface area contributed by atoms with Crippen LogP contribution in [0.25, 0.3) is 0 Å². The van der Waals surface area contributed by atoms with Crippen molar-refractivity contribution in [1.29, 1.82) is 0 Å². The fourth-order valence-electron chi connectivity index (χ4n) is 4.22. The molecule has 0 radical (unpaired) electrons. The second kappa shape index (κ2) is 10.8. The molecule has 3 atom stereocenters. The molecule has 3 unspecified atom stereocenters. The monoisotopic (exact) mass is 506 g/mol. The molecule has 2 heterocycles. The van der Waals surface area contributed by atoms with Gasteiger partial charge in [0.1, 0.15) is 0 Å². The van der Waals surface area contributed by atoms with Gasteiger partial charge in [-0.25, -0.2) is 0 Å². The van der Waals surface area contributed by atoms with Gasteiger partial charge in [-0.2, -0.15) is 0 Å². The van der Waals surface area contributed by atoms with Crippen molar-refractivity contribution >= 4 is 41.5 Å². The number of piperidine rings is 2. The molecular weight excluding hydrogens is 475 g/mol. The minimum Gasteiger partial charge on any atom is -0.386 e. The predicted molar refractivity (Wildman–Crippen MR) is 123 cm³/mol. The fraction of sp³-hybridized carbons (Fsp3) is 0.650. The van der Waals surface area contributed by atoms with Crippen LogP contribution in [0.1, 0.15) is 50.7 Å². The van der Waals surface area contributed by atoms with Crippen molar-refractivity contribution < 1.29 is 5.11 Å². The molecule has 0 aromatic heterocycles. The molecule has 0 aliphatic carbocycles. The standard InChI is InChI=1S/C20H31ClN4O.HI/c1-3-22-20(23-13-19(26)14-7-9-15(21)10-8-14)24-16-11-17-5-4-6-18(12-16)25(17)2;/h7-10,16-19,26H,3-6,11-13H2,1-2H3,(H2,22,23,24);1H. The summed E-state index contributed by atoms with van der Waals surface area (Å²) >= 11 is 5.91. The molecule has 2 aliphatic rings. The van der Waals surface area contributed by atoms with Gasteiger partial charge >= 0.3 is 0 Å². The first-order chi connectivity index (χ1) is 12.6. The van der Waals surface area contributed by atoms with Crippen LogP contribution < -0.4 is 10.6 Å². The number of aliphatic imine (C=N–C) groups is 1. The molecule has 0 saturated carbocycles. The van der Waals surface area contributed by atoms with Crippen molar-refractivity contribution in [3.8, 4) is 0 Å². The van der Waals surface area contributed by atoms with Crippen LogP contribution in [-0.4, -0.2) is 54.2 Å². The number of hydrogen-bond acceptors (Lipinski definition) is 3. The molecule has 7 heteroatoms. The lowest BCUT2D eigenvalue weighted by molar-refractivity contribution is 0.0526. The summed E-state index contributed by atoms with van der Waals surface area (Å²) in [4.78, 5) is 7.18. The first kappa shape index (κ1) is 22.7. The molecule has 1 aromatic rings. The number of aliphatic hydroxyl groups is 1. The highest BCUT2D eigenvalue weighted by Crippen LogP contribution is 2.32. The van der Waals surface area contributed by atoms with Crippen LogP contribution in [0, 0.1) is 0 Å². The third-order valence-electron chi connectivity index (χ3n) is 5.70. The molecule has 27 heavy (non-hydrogen) atoms. The van der Waals surface area contributed by atoms with Gasteiger partial charge in [-0.1, -0.05) is 30.2 Å². The first-order valence-corrected chi connectivity index (χ1v) is 10.1. The third-order valence-corrected chi connectivity index (χ3v) is 5.95. The van der Waals surface area contributed by atoms with Crippen molar-refractivity contribution in [1.82, 2.24) is 15.5 Å². The van der Waals surface area contributed by atoms with Crippen molar-refractivity contribution in [2.75, 3.05) is 20.1 Å². The molecule has 3 rings (SSSR count). The number of fused-ring (bicyclic) bond motifs is 2. The lowest BCUT2D eigenvalue weighted by Gasteiger charge is -2.47. The molecule has 1 aromatic carbocycles.